The zero-order chi connectivity index (χ0) is 13.7. The average molecular weight is 252 g/mol. The van der Waals surface area contributed by atoms with Crippen molar-refractivity contribution < 1.29 is 4.74 Å². The summed E-state index contributed by atoms with van der Waals surface area (Å²) in [6, 6.07) is 0.248. The Morgan fingerprint density at radius 3 is 2.61 bits per heavy atom. The summed E-state index contributed by atoms with van der Waals surface area (Å²) in [5.41, 5.74) is 6.89. The van der Waals surface area contributed by atoms with E-state index in [2.05, 4.69) is 28.7 Å². The van der Waals surface area contributed by atoms with Crippen LogP contribution in [-0.4, -0.2) is 36.8 Å². The highest BCUT2D eigenvalue weighted by Crippen LogP contribution is 2.22. The van der Waals surface area contributed by atoms with Crippen LogP contribution < -0.4 is 10.6 Å². The molecule has 0 aromatic carbocycles. The molecule has 5 heteroatoms. The van der Waals surface area contributed by atoms with Crippen molar-refractivity contribution in [3.8, 4) is 0 Å². The van der Waals surface area contributed by atoms with Gasteiger partial charge in [0.1, 0.15) is 17.5 Å². The summed E-state index contributed by atoms with van der Waals surface area (Å²) in [6.45, 7) is 6.82. The summed E-state index contributed by atoms with van der Waals surface area (Å²) in [5.74, 6) is 2.28. The third-order valence-corrected chi connectivity index (χ3v) is 3.08. The van der Waals surface area contributed by atoms with Crippen molar-refractivity contribution in [1.82, 2.24) is 9.97 Å². The number of hydrogen-bond acceptors (Lipinski definition) is 5. The molecule has 1 aromatic rings. The highest BCUT2D eigenvalue weighted by Gasteiger charge is 2.16. The van der Waals surface area contributed by atoms with E-state index in [0.29, 0.717) is 12.4 Å². The van der Waals surface area contributed by atoms with Crippen LogP contribution in [0.15, 0.2) is 0 Å². The van der Waals surface area contributed by atoms with Crippen LogP contribution in [0.2, 0.25) is 0 Å². The van der Waals surface area contributed by atoms with Crippen LogP contribution >= 0.6 is 0 Å². The number of ether oxygens (including phenoxy) is 1. The van der Waals surface area contributed by atoms with Gasteiger partial charge in [0, 0.05) is 26.1 Å². The lowest BCUT2D eigenvalue weighted by atomic mass is 10.2. The molecule has 1 rings (SSSR count). The molecule has 1 heterocycles. The number of aromatic nitrogens is 2. The maximum absolute atomic E-state index is 5.95. The third-order valence-electron chi connectivity index (χ3n) is 3.08. The van der Waals surface area contributed by atoms with Gasteiger partial charge < -0.3 is 15.4 Å². The maximum Gasteiger partial charge on any atom is 0.137 e. The normalized spacial score (nSPS) is 12.5. The van der Waals surface area contributed by atoms with E-state index in [9.17, 15) is 0 Å². The number of nitrogen functional groups attached to an aromatic ring is 1. The standard InChI is InChI=1S/C13H24N4O/c1-6-7-11-15-12(14)10(3)13(16-11)17(4)9(2)8-18-5/h9H,6-8H2,1-5H3,(H2,14,15,16). The van der Waals surface area contributed by atoms with E-state index in [0.717, 1.165) is 30.0 Å². The SMILES string of the molecule is CCCc1nc(N)c(C)c(N(C)C(C)COC)n1. The number of hydrogen-bond donors (Lipinski definition) is 1. The molecule has 0 aliphatic rings. The average Bonchev–Trinajstić information content (AvgIpc) is 2.33. The first-order chi connectivity index (χ1) is 8.51. The number of rotatable bonds is 6. The molecule has 0 bridgehead atoms. The molecular formula is C13H24N4O. The molecule has 102 valence electrons. The van der Waals surface area contributed by atoms with E-state index < -0.39 is 0 Å². The second kappa shape index (κ2) is 6.54. The molecular weight excluding hydrogens is 228 g/mol. The Labute approximate surface area is 109 Å². The molecule has 0 fully saturated rings. The van der Waals surface area contributed by atoms with Gasteiger partial charge in [0.05, 0.1) is 12.6 Å². The molecule has 5 nitrogen and oxygen atoms in total. The molecule has 0 saturated carbocycles. The second-order valence-electron chi connectivity index (χ2n) is 4.64. The molecule has 0 aliphatic carbocycles. The lowest BCUT2D eigenvalue weighted by molar-refractivity contribution is 0.183. The van der Waals surface area contributed by atoms with Gasteiger partial charge in [-0.2, -0.15) is 0 Å². The fraction of sp³-hybridized carbons (Fsp3) is 0.692. The summed E-state index contributed by atoms with van der Waals surface area (Å²) < 4.78 is 5.18. The van der Waals surface area contributed by atoms with Crippen LogP contribution in [0.1, 0.15) is 31.7 Å². The van der Waals surface area contributed by atoms with Crippen molar-refractivity contribution >= 4 is 11.6 Å². The van der Waals surface area contributed by atoms with E-state index in [4.69, 9.17) is 10.5 Å². The summed E-state index contributed by atoms with van der Waals surface area (Å²) in [4.78, 5) is 11.0. The summed E-state index contributed by atoms with van der Waals surface area (Å²) in [7, 11) is 3.71. The van der Waals surface area contributed by atoms with Crippen LogP contribution in [0, 0.1) is 6.92 Å². The molecule has 0 aliphatic heterocycles. The second-order valence-corrected chi connectivity index (χ2v) is 4.64. The number of likely N-dealkylation sites (N-methyl/N-ethyl adjacent to an activating group) is 1. The fourth-order valence-electron chi connectivity index (χ4n) is 1.81. The highest BCUT2D eigenvalue weighted by molar-refractivity contribution is 5.56. The minimum Gasteiger partial charge on any atom is -0.383 e. The molecule has 0 spiro atoms. The fourth-order valence-corrected chi connectivity index (χ4v) is 1.81. The first-order valence-corrected chi connectivity index (χ1v) is 6.36. The van der Waals surface area contributed by atoms with Crippen LogP contribution in [0.4, 0.5) is 11.6 Å². The molecule has 0 amide bonds. The number of aryl methyl sites for hydroxylation is 1. The Morgan fingerprint density at radius 1 is 1.39 bits per heavy atom. The molecule has 0 radical (unpaired) electrons. The number of nitrogens with zero attached hydrogens (tertiary/aromatic N) is 3. The smallest absolute Gasteiger partial charge is 0.137 e. The Kier molecular flexibility index (Phi) is 5.34. The van der Waals surface area contributed by atoms with E-state index in [-0.39, 0.29) is 6.04 Å². The van der Waals surface area contributed by atoms with Crippen molar-refractivity contribution in [2.75, 3.05) is 31.4 Å². The van der Waals surface area contributed by atoms with Crippen LogP contribution in [-0.2, 0) is 11.2 Å². The minimum atomic E-state index is 0.248. The van der Waals surface area contributed by atoms with Crippen LogP contribution in [0.3, 0.4) is 0 Å². The lowest BCUT2D eigenvalue weighted by Crippen LogP contribution is -2.34. The van der Waals surface area contributed by atoms with Gasteiger partial charge >= 0.3 is 0 Å². The summed E-state index contributed by atoms with van der Waals surface area (Å²) in [5, 5.41) is 0. The van der Waals surface area contributed by atoms with E-state index in [1.165, 1.54) is 0 Å². The molecule has 1 aromatic heterocycles. The monoisotopic (exact) mass is 252 g/mol. The number of methoxy groups -OCH3 is 1. The molecule has 2 N–H and O–H groups in total. The van der Waals surface area contributed by atoms with Gasteiger partial charge in [-0.3, -0.25) is 0 Å². The first-order valence-electron chi connectivity index (χ1n) is 6.36. The van der Waals surface area contributed by atoms with Gasteiger partial charge in [-0.15, -0.1) is 0 Å². The van der Waals surface area contributed by atoms with Crippen LogP contribution in [0.5, 0.6) is 0 Å². The topological polar surface area (TPSA) is 64.3 Å². The predicted octanol–water partition coefficient (Wildman–Crippen LogP) is 1.79. The number of anilines is 2. The Hall–Kier alpha value is -1.36. The summed E-state index contributed by atoms with van der Waals surface area (Å²) in [6.07, 6.45) is 1.86. The van der Waals surface area contributed by atoms with Gasteiger partial charge in [0.15, 0.2) is 0 Å². The predicted molar refractivity (Wildman–Crippen MR) is 74.9 cm³/mol. The van der Waals surface area contributed by atoms with E-state index in [1.54, 1.807) is 7.11 Å². The molecule has 18 heavy (non-hydrogen) atoms. The largest absolute Gasteiger partial charge is 0.383 e. The Bertz CT molecular complexity index is 395. The first kappa shape index (κ1) is 14.7. The third kappa shape index (κ3) is 3.32. The Morgan fingerprint density at radius 2 is 2.06 bits per heavy atom. The highest BCUT2D eigenvalue weighted by atomic mass is 16.5. The molecule has 0 saturated heterocycles. The summed E-state index contributed by atoms with van der Waals surface area (Å²) >= 11 is 0. The number of nitrogens with two attached hydrogens (primary N) is 1. The van der Waals surface area contributed by atoms with Gasteiger partial charge in [0.2, 0.25) is 0 Å². The van der Waals surface area contributed by atoms with Crippen molar-refractivity contribution in [3.63, 3.8) is 0 Å². The van der Waals surface area contributed by atoms with Crippen molar-refractivity contribution in [1.29, 1.82) is 0 Å². The van der Waals surface area contributed by atoms with Crippen molar-refractivity contribution in [2.45, 2.75) is 39.7 Å². The van der Waals surface area contributed by atoms with Crippen LogP contribution in [0.25, 0.3) is 0 Å². The molecule has 1 unspecified atom stereocenters. The van der Waals surface area contributed by atoms with E-state index >= 15 is 0 Å². The minimum absolute atomic E-state index is 0.248. The van der Waals surface area contributed by atoms with Gasteiger partial charge in [0.25, 0.3) is 0 Å². The van der Waals surface area contributed by atoms with Gasteiger partial charge in [-0.25, -0.2) is 9.97 Å². The Balaban J connectivity index is 3.05. The lowest BCUT2D eigenvalue weighted by Gasteiger charge is -2.27. The van der Waals surface area contributed by atoms with E-state index in [1.807, 2.05) is 14.0 Å². The zero-order valence-corrected chi connectivity index (χ0v) is 12.0. The quantitative estimate of drug-likeness (QED) is 0.836. The molecule has 1 atom stereocenters. The van der Waals surface area contributed by atoms with Crippen molar-refractivity contribution in [3.05, 3.63) is 11.4 Å². The van der Waals surface area contributed by atoms with Gasteiger partial charge in [-0.1, -0.05) is 6.92 Å². The van der Waals surface area contributed by atoms with Crippen molar-refractivity contribution in [2.24, 2.45) is 0 Å². The maximum atomic E-state index is 5.95. The zero-order valence-electron chi connectivity index (χ0n) is 12.0. The van der Waals surface area contributed by atoms with Gasteiger partial charge in [-0.05, 0) is 20.3 Å².